The van der Waals surface area contributed by atoms with Gasteiger partial charge in [-0.3, -0.25) is 9.48 Å². The molecule has 0 unspecified atom stereocenters. The number of rotatable bonds is 1. The number of H-pyrrole nitrogens is 1. The summed E-state index contributed by atoms with van der Waals surface area (Å²) < 4.78 is 2.28. The maximum absolute atomic E-state index is 11.4. The lowest BCUT2D eigenvalue weighted by Gasteiger charge is -1.97. The number of hydrogen-bond acceptors (Lipinski definition) is 3. The molecule has 0 bridgehead atoms. The van der Waals surface area contributed by atoms with Crippen molar-refractivity contribution in [2.24, 2.45) is 7.05 Å². The lowest BCUT2D eigenvalue weighted by atomic mass is 10.2. The van der Waals surface area contributed by atoms with Crippen molar-refractivity contribution in [2.75, 3.05) is 0 Å². The van der Waals surface area contributed by atoms with Crippen molar-refractivity contribution in [3.05, 3.63) is 32.0 Å². The van der Waals surface area contributed by atoms with Gasteiger partial charge in [-0.15, -0.1) is 0 Å². The summed E-state index contributed by atoms with van der Waals surface area (Å²) in [4.78, 5) is 18.3. The summed E-state index contributed by atoms with van der Waals surface area (Å²) in [6.45, 7) is 1.88. The Hall–Kier alpha value is -1.18. The molecule has 0 radical (unpaired) electrons. The molecule has 0 saturated heterocycles. The van der Waals surface area contributed by atoms with E-state index in [4.69, 9.17) is 0 Å². The Morgan fingerprint density at radius 3 is 2.80 bits per heavy atom. The van der Waals surface area contributed by atoms with Crippen LogP contribution in [0.15, 0.2) is 17.2 Å². The minimum absolute atomic E-state index is 0.121. The van der Waals surface area contributed by atoms with Crippen LogP contribution in [0.5, 0.6) is 0 Å². The van der Waals surface area contributed by atoms with Gasteiger partial charge < -0.3 is 4.98 Å². The predicted molar refractivity (Wildman–Crippen MR) is 64.5 cm³/mol. The molecule has 2 aromatic rings. The molecular formula is C9H9IN4O. The first-order valence-corrected chi connectivity index (χ1v) is 5.41. The van der Waals surface area contributed by atoms with Crippen molar-refractivity contribution in [2.45, 2.75) is 6.92 Å². The minimum Gasteiger partial charge on any atom is -0.306 e. The van der Waals surface area contributed by atoms with E-state index in [0.29, 0.717) is 9.39 Å². The third kappa shape index (κ3) is 1.94. The van der Waals surface area contributed by atoms with Crippen LogP contribution < -0.4 is 5.56 Å². The summed E-state index contributed by atoms with van der Waals surface area (Å²) in [7, 11) is 1.83. The Labute approximate surface area is 99.7 Å². The summed E-state index contributed by atoms with van der Waals surface area (Å²) in [6.07, 6.45) is 3.39. The van der Waals surface area contributed by atoms with Crippen molar-refractivity contribution >= 4 is 22.6 Å². The van der Waals surface area contributed by atoms with Gasteiger partial charge in [0.1, 0.15) is 5.82 Å². The van der Waals surface area contributed by atoms with E-state index in [-0.39, 0.29) is 5.56 Å². The molecule has 78 valence electrons. The molecule has 0 aromatic carbocycles. The molecule has 2 rings (SSSR count). The Morgan fingerprint density at radius 1 is 1.53 bits per heavy atom. The average Bonchev–Trinajstić information content (AvgIpc) is 2.50. The number of aromatic nitrogens is 4. The Balaban J connectivity index is 2.59. The first kappa shape index (κ1) is 10.3. The monoisotopic (exact) mass is 316 g/mol. The second-order valence-corrected chi connectivity index (χ2v) is 4.37. The zero-order valence-electron chi connectivity index (χ0n) is 8.28. The summed E-state index contributed by atoms with van der Waals surface area (Å²) in [6, 6.07) is 0. The maximum Gasteiger partial charge on any atom is 0.264 e. The smallest absolute Gasteiger partial charge is 0.264 e. The second kappa shape index (κ2) is 3.76. The molecule has 6 heteroatoms. The number of nitrogens with zero attached hydrogens (tertiary/aromatic N) is 3. The molecule has 0 aliphatic rings. The van der Waals surface area contributed by atoms with Gasteiger partial charge in [-0.05, 0) is 29.5 Å². The van der Waals surface area contributed by atoms with E-state index in [2.05, 4.69) is 15.1 Å². The molecule has 5 nitrogen and oxygen atoms in total. The Morgan fingerprint density at radius 2 is 2.27 bits per heavy atom. The van der Waals surface area contributed by atoms with Crippen molar-refractivity contribution in [3.63, 3.8) is 0 Å². The van der Waals surface area contributed by atoms with Crippen LogP contribution in [-0.2, 0) is 7.05 Å². The first-order valence-electron chi connectivity index (χ1n) is 4.33. The largest absolute Gasteiger partial charge is 0.306 e. The van der Waals surface area contributed by atoms with Crippen molar-refractivity contribution in [3.8, 4) is 11.4 Å². The zero-order valence-corrected chi connectivity index (χ0v) is 10.4. The standard InChI is InChI=1S/C9H9IN4O/c1-5-6(4-14(2)13-5)8-11-3-7(10)9(15)12-8/h3-4H,1-2H3,(H,11,12,15). The van der Waals surface area contributed by atoms with E-state index in [9.17, 15) is 4.79 Å². The van der Waals surface area contributed by atoms with Crippen LogP contribution in [0.3, 0.4) is 0 Å². The molecule has 0 atom stereocenters. The van der Waals surface area contributed by atoms with E-state index in [1.807, 2.05) is 42.8 Å². The highest BCUT2D eigenvalue weighted by atomic mass is 127. The van der Waals surface area contributed by atoms with Crippen molar-refractivity contribution in [1.29, 1.82) is 0 Å². The Bertz CT molecular complexity index is 557. The van der Waals surface area contributed by atoms with E-state index in [1.165, 1.54) is 0 Å². The SMILES string of the molecule is Cc1nn(C)cc1-c1ncc(I)c(=O)[nH]1. The van der Waals surface area contributed by atoms with Crippen LogP contribution >= 0.6 is 22.6 Å². The lowest BCUT2D eigenvalue weighted by molar-refractivity contribution is 0.756. The van der Waals surface area contributed by atoms with Gasteiger partial charge in [0.05, 0.1) is 14.8 Å². The fraction of sp³-hybridized carbons (Fsp3) is 0.222. The Kier molecular flexibility index (Phi) is 2.59. The molecule has 2 aromatic heterocycles. The number of hydrogen-bond donors (Lipinski definition) is 1. The molecule has 0 fully saturated rings. The molecule has 0 amide bonds. The van der Waals surface area contributed by atoms with Gasteiger partial charge in [0, 0.05) is 19.4 Å². The van der Waals surface area contributed by atoms with Crippen LogP contribution in [0.25, 0.3) is 11.4 Å². The quantitative estimate of drug-likeness (QED) is 0.801. The van der Waals surface area contributed by atoms with Crippen LogP contribution in [-0.4, -0.2) is 19.7 Å². The summed E-state index contributed by atoms with van der Waals surface area (Å²) in [5, 5.41) is 4.19. The van der Waals surface area contributed by atoms with Crippen molar-refractivity contribution < 1.29 is 0 Å². The van der Waals surface area contributed by atoms with Crippen LogP contribution in [0.1, 0.15) is 5.69 Å². The van der Waals surface area contributed by atoms with Gasteiger partial charge >= 0.3 is 0 Å². The van der Waals surface area contributed by atoms with Gasteiger partial charge in [-0.1, -0.05) is 0 Å². The van der Waals surface area contributed by atoms with Crippen LogP contribution in [0.2, 0.25) is 0 Å². The van der Waals surface area contributed by atoms with Gasteiger partial charge in [-0.25, -0.2) is 4.98 Å². The molecule has 0 spiro atoms. The summed E-state index contributed by atoms with van der Waals surface area (Å²) >= 11 is 1.95. The predicted octanol–water partition coefficient (Wildman–Crippen LogP) is 1.08. The van der Waals surface area contributed by atoms with E-state index < -0.39 is 0 Å². The summed E-state index contributed by atoms with van der Waals surface area (Å²) in [5.41, 5.74) is 1.58. The molecule has 2 heterocycles. The topological polar surface area (TPSA) is 63.6 Å². The molecule has 0 aliphatic heterocycles. The van der Waals surface area contributed by atoms with Gasteiger partial charge in [-0.2, -0.15) is 5.10 Å². The van der Waals surface area contributed by atoms with E-state index >= 15 is 0 Å². The first-order chi connectivity index (χ1) is 7.08. The highest BCUT2D eigenvalue weighted by molar-refractivity contribution is 14.1. The molecule has 15 heavy (non-hydrogen) atoms. The molecule has 0 saturated carbocycles. The third-order valence-electron chi connectivity index (χ3n) is 2.02. The highest BCUT2D eigenvalue weighted by Crippen LogP contribution is 2.16. The lowest BCUT2D eigenvalue weighted by Crippen LogP contribution is -2.11. The van der Waals surface area contributed by atoms with Gasteiger partial charge in [0.25, 0.3) is 5.56 Å². The zero-order chi connectivity index (χ0) is 11.0. The van der Waals surface area contributed by atoms with E-state index in [0.717, 1.165) is 11.3 Å². The number of aryl methyl sites for hydroxylation is 2. The van der Waals surface area contributed by atoms with Crippen LogP contribution in [0.4, 0.5) is 0 Å². The van der Waals surface area contributed by atoms with Crippen LogP contribution in [0, 0.1) is 10.5 Å². The highest BCUT2D eigenvalue weighted by Gasteiger charge is 2.08. The maximum atomic E-state index is 11.4. The van der Waals surface area contributed by atoms with E-state index in [1.54, 1.807) is 10.9 Å². The minimum atomic E-state index is -0.121. The number of halogens is 1. The fourth-order valence-electron chi connectivity index (χ4n) is 1.35. The average molecular weight is 316 g/mol. The number of nitrogens with one attached hydrogen (secondary N) is 1. The van der Waals surface area contributed by atoms with Gasteiger partial charge in [0.15, 0.2) is 0 Å². The summed E-state index contributed by atoms with van der Waals surface area (Å²) in [5.74, 6) is 0.561. The second-order valence-electron chi connectivity index (χ2n) is 3.21. The number of aromatic amines is 1. The van der Waals surface area contributed by atoms with Crippen molar-refractivity contribution in [1.82, 2.24) is 19.7 Å². The molecule has 1 N–H and O–H groups in total. The van der Waals surface area contributed by atoms with Gasteiger partial charge in [0.2, 0.25) is 0 Å². The fourth-order valence-corrected chi connectivity index (χ4v) is 1.62. The molecular weight excluding hydrogens is 307 g/mol. The normalized spacial score (nSPS) is 10.6. The third-order valence-corrected chi connectivity index (χ3v) is 2.79. The molecule has 0 aliphatic carbocycles.